The molecule has 0 saturated carbocycles. The molecule has 0 spiro atoms. The van der Waals surface area contributed by atoms with Crippen LogP contribution < -0.4 is 0 Å². The predicted molar refractivity (Wildman–Crippen MR) is 79.8 cm³/mol. The van der Waals surface area contributed by atoms with E-state index in [1.165, 1.54) is 0 Å². The maximum absolute atomic E-state index is 12.7. The summed E-state index contributed by atoms with van der Waals surface area (Å²) in [4.78, 5) is 12.7. The van der Waals surface area contributed by atoms with Crippen LogP contribution in [0.1, 0.15) is 38.5 Å². The van der Waals surface area contributed by atoms with Crippen molar-refractivity contribution in [2.75, 3.05) is 0 Å². The van der Waals surface area contributed by atoms with Crippen molar-refractivity contribution in [3.63, 3.8) is 0 Å². The van der Waals surface area contributed by atoms with Gasteiger partial charge >= 0.3 is 0 Å². The molecular formula is C18H17NO. The first-order valence-corrected chi connectivity index (χ1v) is 6.61. The number of nitrogens with zero attached hydrogens (tertiary/aromatic N) is 1. The summed E-state index contributed by atoms with van der Waals surface area (Å²) in [5.41, 5.74) is 4.32. The summed E-state index contributed by atoms with van der Waals surface area (Å²) in [6.07, 6.45) is 0. The molecule has 1 unspecified atom stereocenters. The molecule has 2 aromatic rings. The van der Waals surface area contributed by atoms with E-state index in [9.17, 15) is 10.1 Å². The van der Waals surface area contributed by atoms with Crippen LogP contribution in [0.25, 0.3) is 0 Å². The van der Waals surface area contributed by atoms with E-state index in [1.54, 1.807) is 0 Å². The van der Waals surface area contributed by atoms with Gasteiger partial charge in [-0.15, -0.1) is 0 Å². The maximum atomic E-state index is 12.7. The van der Waals surface area contributed by atoms with Crippen molar-refractivity contribution in [2.45, 2.75) is 26.7 Å². The first kappa shape index (κ1) is 14.0. The van der Waals surface area contributed by atoms with Gasteiger partial charge < -0.3 is 0 Å². The van der Waals surface area contributed by atoms with E-state index in [4.69, 9.17) is 0 Å². The Kier molecular flexibility index (Phi) is 4.00. The Bertz CT molecular complexity index is 675. The third kappa shape index (κ3) is 2.62. The third-order valence-electron chi connectivity index (χ3n) is 3.49. The molecule has 2 nitrogen and oxygen atoms in total. The summed E-state index contributed by atoms with van der Waals surface area (Å²) in [5, 5.41) is 9.41. The molecule has 2 rings (SSSR count). The fourth-order valence-corrected chi connectivity index (χ4v) is 2.48. The van der Waals surface area contributed by atoms with E-state index in [0.717, 1.165) is 22.3 Å². The fourth-order valence-electron chi connectivity index (χ4n) is 2.48. The average molecular weight is 263 g/mol. The second kappa shape index (κ2) is 5.71. The summed E-state index contributed by atoms with van der Waals surface area (Å²) >= 11 is 0. The van der Waals surface area contributed by atoms with Crippen LogP contribution in [0.4, 0.5) is 0 Å². The highest BCUT2D eigenvalue weighted by molar-refractivity contribution is 6.04. The van der Waals surface area contributed by atoms with Gasteiger partial charge in [-0.25, -0.2) is 0 Å². The first-order chi connectivity index (χ1) is 9.54. The van der Waals surface area contributed by atoms with E-state index >= 15 is 0 Å². The van der Waals surface area contributed by atoms with Gasteiger partial charge in [0.2, 0.25) is 0 Å². The van der Waals surface area contributed by atoms with Crippen LogP contribution in [0.2, 0.25) is 0 Å². The van der Waals surface area contributed by atoms with Gasteiger partial charge in [0.25, 0.3) is 0 Å². The Morgan fingerprint density at radius 1 is 1.05 bits per heavy atom. The number of benzene rings is 2. The van der Waals surface area contributed by atoms with E-state index in [0.29, 0.717) is 5.56 Å². The number of carbonyl (C=O) groups is 1. The minimum absolute atomic E-state index is 0.117. The molecule has 0 radical (unpaired) electrons. The Labute approximate surface area is 119 Å². The Morgan fingerprint density at radius 2 is 1.65 bits per heavy atom. The van der Waals surface area contributed by atoms with E-state index in [-0.39, 0.29) is 5.78 Å². The van der Waals surface area contributed by atoms with Crippen LogP contribution in [0.3, 0.4) is 0 Å². The molecule has 20 heavy (non-hydrogen) atoms. The summed E-state index contributed by atoms with van der Waals surface area (Å²) in [6.45, 7) is 5.78. The highest BCUT2D eigenvalue weighted by Crippen LogP contribution is 2.25. The zero-order chi connectivity index (χ0) is 14.7. The van der Waals surface area contributed by atoms with Gasteiger partial charge in [-0.3, -0.25) is 4.79 Å². The Balaban J connectivity index is 2.48. The highest BCUT2D eigenvalue weighted by atomic mass is 16.1. The van der Waals surface area contributed by atoms with Crippen LogP contribution in [-0.2, 0) is 0 Å². The van der Waals surface area contributed by atoms with Gasteiger partial charge in [-0.05, 0) is 37.5 Å². The summed E-state index contributed by atoms with van der Waals surface area (Å²) in [6, 6.07) is 15.5. The van der Waals surface area contributed by atoms with Crippen molar-refractivity contribution in [1.29, 1.82) is 5.26 Å². The second-order valence-corrected chi connectivity index (χ2v) is 5.11. The second-order valence-electron chi connectivity index (χ2n) is 5.11. The number of hydrogen-bond acceptors (Lipinski definition) is 2. The number of hydrogen-bond donors (Lipinski definition) is 0. The SMILES string of the molecule is Cc1cccc(C(C#N)C(=O)c2c(C)cccc2C)c1. The molecule has 0 amide bonds. The lowest BCUT2D eigenvalue weighted by atomic mass is 9.87. The molecule has 0 saturated heterocycles. The molecule has 0 aliphatic rings. The van der Waals surface area contributed by atoms with Crippen LogP contribution in [0, 0.1) is 32.1 Å². The van der Waals surface area contributed by atoms with Crippen molar-refractivity contribution in [3.05, 3.63) is 70.3 Å². The molecule has 0 fully saturated rings. The molecule has 0 heterocycles. The van der Waals surface area contributed by atoms with Gasteiger partial charge in [-0.1, -0.05) is 48.0 Å². The zero-order valence-corrected chi connectivity index (χ0v) is 12.0. The van der Waals surface area contributed by atoms with E-state index in [1.807, 2.05) is 63.2 Å². The average Bonchev–Trinajstić information content (AvgIpc) is 2.39. The monoisotopic (exact) mass is 263 g/mol. The quantitative estimate of drug-likeness (QED) is 0.782. The molecule has 2 heteroatoms. The summed E-state index contributed by atoms with van der Waals surface area (Å²) < 4.78 is 0. The minimum Gasteiger partial charge on any atom is -0.292 e. The predicted octanol–water partition coefficient (Wildman–Crippen LogP) is 4.10. The molecule has 0 bridgehead atoms. The number of rotatable bonds is 3. The van der Waals surface area contributed by atoms with Gasteiger partial charge in [0.05, 0.1) is 6.07 Å². The number of ketones is 1. The van der Waals surface area contributed by atoms with Crippen LogP contribution in [0.5, 0.6) is 0 Å². The maximum Gasteiger partial charge on any atom is 0.184 e. The lowest BCUT2D eigenvalue weighted by molar-refractivity contribution is 0.0977. The molecule has 0 aliphatic heterocycles. The third-order valence-corrected chi connectivity index (χ3v) is 3.49. The standard InChI is InChI=1S/C18H17NO/c1-12-6-4-9-15(10-12)16(11-19)18(20)17-13(2)7-5-8-14(17)3/h4-10,16H,1-3H3. The van der Waals surface area contributed by atoms with E-state index < -0.39 is 5.92 Å². The topological polar surface area (TPSA) is 40.9 Å². The largest absolute Gasteiger partial charge is 0.292 e. The molecule has 0 aromatic heterocycles. The lowest BCUT2D eigenvalue weighted by Crippen LogP contribution is -2.14. The molecule has 0 aliphatic carbocycles. The normalized spacial score (nSPS) is 11.7. The number of carbonyl (C=O) groups excluding carboxylic acids is 1. The van der Waals surface area contributed by atoms with Crippen LogP contribution >= 0.6 is 0 Å². The van der Waals surface area contributed by atoms with Gasteiger partial charge in [-0.2, -0.15) is 5.26 Å². The minimum atomic E-state index is -0.741. The number of nitriles is 1. The molecular weight excluding hydrogens is 246 g/mol. The van der Waals surface area contributed by atoms with Crippen molar-refractivity contribution in [1.82, 2.24) is 0 Å². The van der Waals surface area contributed by atoms with Gasteiger partial charge in [0.1, 0.15) is 5.92 Å². The molecule has 100 valence electrons. The lowest BCUT2D eigenvalue weighted by Gasteiger charge is -2.13. The molecule has 2 aromatic carbocycles. The van der Waals surface area contributed by atoms with Crippen molar-refractivity contribution < 1.29 is 4.79 Å². The zero-order valence-electron chi connectivity index (χ0n) is 12.0. The van der Waals surface area contributed by atoms with Crippen molar-refractivity contribution in [3.8, 4) is 6.07 Å². The van der Waals surface area contributed by atoms with E-state index in [2.05, 4.69) is 6.07 Å². The highest BCUT2D eigenvalue weighted by Gasteiger charge is 2.24. The van der Waals surface area contributed by atoms with Crippen LogP contribution in [0.15, 0.2) is 42.5 Å². The van der Waals surface area contributed by atoms with Crippen molar-refractivity contribution in [2.24, 2.45) is 0 Å². The van der Waals surface area contributed by atoms with Crippen LogP contribution in [-0.4, -0.2) is 5.78 Å². The Morgan fingerprint density at radius 3 is 2.20 bits per heavy atom. The van der Waals surface area contributed by atoms with Gasteiger partial charge in [0.15, 0.2) is 5.78 Å². The fraction of sp³-hybridized carbons (Fsp3) is 0.222. The van der Waals surface area contributed by atoms with Gasteiger partial charge in [0, 0.05) is 5.56 Å². The molecule has 0 N–H and O–H groups in total. The van der Waals surface area contributed by atoms with Crippen molar-refractivity contribution >= 4 is 5.78 Å². The smallest absolute Gasteiger partial charge is 0.184 e. The number of Topliss-reactive ketones (excluding diaryl/α,β-unsaturated/α-hetero) is 1. The summed E-state index contributed by atoms with van der Waals surface area (Å²) in [7, 11) is 0. The summed E-state index contributed by atoms with van der Waals surface area (Å²) in [5.74, 6) is -0.858. The first-order valence-electron chi connectivity index (χ1n) is 6.61. The molecule has 1 atom stereocenters. The number of aryl methyl sites for hydroxylation is 3. The Hall–Kier alpha value is -2.40.